The Morgan fingerprint density at radius 3 is 2.41 bits per heavy atom. The van der Waals surface area contributed by atoms with E-state index in [2.05, 4.69) is 4.98 Å². The van der Waals surface area contributed by atoms with Gasteiger partial charge < -0.3 is 19.4 Å². The van der Waals surface area contributed by atoms with Gasteiger partial charge in [0.1, 0.15) is 18.0 Å². The Balaban J connectivity index is 2.20. The molecule has 2 N–H and O–H groups in total. The molecule has 118 valence electrons. The van der Waals surface area contributed by atoms with Crippen LogP contribution < -0.4 is 19.8 Å². The molecule has 5 heteroatoms. The van der Waals surface area contributed by atoms with E-state index in [4.69, 9.17) is 9.47 Å². The van der Waals surface area contributed by atoms with Gasteiger partial charge in [0.15, 0.2) is 0 Å². The minimum Gasteiger partial charge on any atom is -0.496 e. The number of rotatable bonds is 4. The summed E-state index contributed by atoms with van der Waals surface area (Å²) in [5.41, 5.74) is 2.55. The maximum atomic E-state index is 13.0. The average Bonchev–Trinajstić information content (AvgIpc) is 3.03. The second-order valence-electron chi connectivity index (χ2n) is 5.91. The van der Waals surface area contributed by atoms with Crippen molar-refractivity contribution < 1.29 is 14.4 Å². The summed E-state index contributed by atoms with van der Waals surface area (Å²) in [6.07, 6.45) is 2.49. The van der Waals surface area contributed by atoms with Crippen LogP contribution in [0.3, 0.4) is 0 Å². The highest BCUT2D eigenvalue weighted by molar-refractivity contribution is 5.90. The van der Waals surface area contributed by atoms with E-state index in [0.717, 1.165) is 30.9 Å². The van der Waals surface area contributed by atoms with Crippen molar-refractivity contribution in [3.05, 3.63) is 33.6 Å². The zero-order valence-electron chi connectivity index (χ0n) is 13.4. The number of aromatic amines is 1. The Morgan fingerprint density at radius 2 is 1.77 bits per heavy atom. The Kier molecular flexibility index (Phi) is 4.07. The first-order chi connectivity index (χ1) is 10.7. The number of hydrogen-bond donors (Lipinski definition) is 2. The third-order valence-electron chi connectivity index (χ3n) is 4.57. The second-order valence-corrected chi connectivity index (χ2v) is 5.91. The first-order valence-corrected chi connectivity index (χ1v) is 7.75. The molecule has 22 heavy (non-hydrogen) atoms. The summed E-state index contributed by atoms with van der Waals surface area (Å²) in [5.74, 6) is 1.26. The van der Waals surface area contributed by atoms with E-state index in [0.29, 0.717) is 22.4 Å². The molecule has 2 heterocycles. The number of hydrogen-bond acceptors (Lipinski definition) is 3. The molecule has 0 spiro atoms. The molecule has 0 amide bonds. The molecule has 1 aliphatic rings. The lowest BCUT2D eigenvalue weighted by Gasteiger charge is -2.16. The number of aromatic nitrogens is 1. The summed E-state index contributed by atoms with van der Waals surface area (Å²) >= 11 is 0. The molecular weight excluding hydrogens is 280 g/mol. The molecule has 0 unspecified atom stereocenters. The van der Waals surface area contributed by atoms with Gasteiger partial charge >= 0.3 is 0 Å². The summed E-state index contributed by atoms with van der Waals surface area (Å²) in [6.45, 7) is 5.03. The standard InChI is InChI=1S/C17H22N2O3/c1-11-12(10-19-8-4-5-9-19)17(20)15-13(21-2)6-7-14(22-3)16(15)18-11/h6-7H,4-5,8-10H2,1-3H3,(H,18,20)/p+1. The summed E-state index contributed by atoms with van der Waals surface area (Å²) in [6, 6.07) is 3.61. The monoisotopic (exact) mass is 303 g/mol. The van der Waals surface area contributed by atoms with Crippen LogP contribution in [0, 0.1) is 6.92 Å². The van der Waals surface area contributed by atoms with Gasteiger partial charge in [0.05, 0.1) is 43.8 Å². The number of methoxy groups -OCH3 is 2. The van der Waals surface area contributed by atoms with E-state index in [1.165, 1.54) is 17.7 Å². The quantitative estimate of drug-likeness (QED) is 0.887. The Hall–Kier alpha value is -2.01. The molecular formula is C17H23N2O3+. The van der Waals surface area contributed by atoms with Crippen molar-refractivity contribution >= 4 is 10.9 Å². The molecule has 0 saturated carbocycles. The van der Waals surface area contributed by atoms with Crippen LogP contribution in [0.1, 0.15) is 24.1 Å². The fraction of sp³-hybridized carbons (Fsp3) is 0.471. The maximum Gasteiger partial charge on any atom is 0.202 e. The number of ether oxygens (including phenoxy) is 2. The first-order valence-electron chi connectivity index (χ1n) is 7.75. The number of H-pyrrole nitrogens is 1. The van der Waals surface area contributed by atoms with Crippen molar-refractivity contribution in [1.82, 2.24) is 4.98 Å². The van der Waals surface area contributed by atoms with Crippen LogP contribution in [0.25, 0.3) is 10.9 Å². The topological polar surface area (TPSA) is 55.8 Å². The van der Waals surface area contributed by atoms with E-state index in [-0.39, 0.29) is 5.43 Å². The lowest BCUT2D eigenvalue weighted by atomic mass is 10.1. The van der Waals surface area contributed by atoms with Crippen molar-refractivity contribution in [1.29, 1.82) is 0 Å². The molecule has 5 nitrogen and oxygen atoms in total. The van der Waals surface area contributed by atoms with Crippen molar-refractivity contribution in [2.75, 3.05) is 27.3 Å². The van der Waals surface area contributed by atoms with Crippen molar-refractivity contribution in [3.63, 3.8) is 0 Å². The van der Waals surface area contributed by atoms with Gasteiger partial charge in [-0.3, -0.25) is 4.79 Å². The van der Waals surface area contributed by atoms with Crippen LogP contribution in [0.15, 0.2) is 16.9 Å². The van der Waals surface area contributed by atoms with Crippen LogP contribution in [0.4, 0.5) is 0 Å². The van der Waals surface area contributed by atoms with Gasteiger partial charge in [0.2, 0.25) is 5.43 Å². The van der Waals surface area contributed by atoms with Crippen LogP contribution >= 0.6 is 0 Å². The van der Waals surface area contributed by atoms with E-state index in [1.807, 2.05) is 13.0 Å². The van der Waals surface area contributed by atoms with E-state index in [1.54, 1.807) is 20.3 Å². The Labute approximate surface area is 129 Å². The average molecular weight is 303 g/mol. The zero-order valence-corrected chi connectivity index (χ0v) is 13.4. The van der Waals surface area contributed by atoms with Gasteiger partial charge in [-0.15, -0.1) is 0 Å². The van der Waals surface area contributed by atoms with Gasteiger partial charge in [0, 0.05) is 18.5 Å². The lowest BCUT2D eigenvalue weighted by Crippen LogP contribution is -3.08. The van der Waals surface area contributed by atoms with Crippen LogP contribution in [-0.4, -0.2) is 32.3 Å². The summed E-state index contributed by atoms with van der Waals surface area (Å²) in [7, 11) is 3.20. The minimum atomic E-state index is 0.0569. The van der Waals surface area contributed by atoms with E-state index >= 15 is 0 Å². The molecule has 0 radical (unpaired) electrons. The normalized spacial score (nSPS) is 15.4. The highest BCUT2D eigenvalue weighted by Crippen LogP contribution is 2.30. The van der Waals surface area contributed by atoms with Crippen molar-refractivity contribution in [3.8, 4) is 11.5 Å². The highest BCUT2D eigenvalue weighted by atomic mass is 16.5. The van der Waals surface area contributed by atoms with Gasteiger partial charge in [0.25, 0.3) is 0 Å². The number of fused-ring (bicyclic) bond motifs is 1. The summed E-state index contributed by atoms with van der Waals surface area (Å²) in [5, 5.41) is 0.584. The molecule has 1 saturated heterocycles. The predicted octanol–water partition coefficient (Wildman–Crippen LogP) is 1.03. The molecule has 1 aromatic carbocycles. The molecule has 0 aliphatic carbocycles. The Bertz CT molecular complexity index is 746. The fourth-order valence-electron chi connectivity index (χ4n) is 3.35. The number of nitrogens with one attached hydrogen (secondary N) is 2. The third kappa shape index (κ3) is 2.46. The minimum absolute atomic E-state index is 0.0569. The lowest BCUT2D eigenvalue weighted by molar-refractivity contribution is -0.901. The second kappa shape index (κ2) is 6.01. The molecule has 1 fully saturated rings. The Morgan fingerprint density at radius 1 is 1.14 bits per heavy atom. The smallest absolute Gasteiger partial charge is 0.202 e. The van der Waals surface area contributed by atoms with Crippen molar-refractivity contribution in [2.24, 2.45) is 0 Å². The molecule has 1 aliphatic heterocycles. The largest absolute Gasteiger partial charge is 0.496 e. The maximum absolute atomic E-state index is 13.0. The summed E-state index contributed by atoms with van der Waals surface area (Å²) in [4.78, 5) is 17.8. The van der Waals surface area contributed by atoms with Gasteiger partial charge in [-0.25, -0.2) is 0 Å². The van der Waals surface area contributed by atoms with Gasteiger partial charge in [-0.1, -0.05) is 0 Å². The number of quaternary nitrogens is 1. The predicted molar refractivity (Wildman–Crippen MR) is 86.0 cm³/mol. The van der Waals surface area contributed by atoms with Crippen LogP contribution in [0.2, 0.25) is 0 Å². The third-order valence-corrected chi connectivity index (χ3v) is 4.57. The molecule has 3 rings (SSSR count). The van der Waals surface area contributed by atoms with Crippen molar-refractivity contribution in [2.45, 2.75) is 26.3 Å². The molecule has 0 atom stereocenters. The summed E-state index contributed by atoms with van der Waals surface area (Å²) < 4.78 is 10.8. The number of benzene rings is 1. The van der Waals surface area contributed by atoms with Crippen LogP contribution in [0.5, 0.6) is 11.5 Å². The van der Waals surface area contributed by atoms with E-state index in [9.17, 15) is 4.79 Å². The molecule has 2 aromatic rings. The number of likely N-dealkylation sites (tertiary alicyclic amines) is 1. The van der Waals surface area contributed by atoms with Gasteiger partial charge in [-0.05, 0) is 19.1 Å². The molecule has 0 bridgehead atoms. The first kappa shape index (κ1) is 14.9. The highest BCUT2D eigenvalue weighted by Gasteiger charge is 2.22. The molecule has 1 aromatic heterocycles. The number of aryl methyl sites for hydroxylation is 1. The van der Waals surface area contributed by atoms with Gasteiger partial charge in [-0.2, -0.15) is 0 Å². The van der Waals surface area contributed by atoms with Crippen LogP contribution in [-0.2, 0) is 6.54 Å². The SMILES string of the molecule is COc1ccc(OC)c2c(=O)c(C[NH+]3CCCC3)c(C)[nH]c12. The zero-order chi connectivity index (χ0) is 15.7. The van der Waals surface area contributed by atoms with E-state index < -0.39 is 0 Å². The number of pyridine rings is 1. The fourth-order valence-corrected chi connectivity index (χ4v) is 3.35.